The molecular weight excluding hydrogens is 250 g/mol. The van der Waals surface area contributed by atoms with Crippen LogP contribution in [0.15, 0.2) is 12.1 Å². The predicted octanol–water partition coefficient (Wildman–Crippen LogP) is 1.89. The van der Waals surface area contributed by atoms with Gasteiger partial charge in [0.1, 0.15) is 17.3 Å². The predicted molar refractivity (Wildman–Crippen MR) is 71.1 cm³/mol. The average molecular weight is 270 g/mol. The van der Waals surface area contributed by atoms with E-state index >= 15 is 0 Å². The second-order valence-corrected chi connectivity index (χ2v) is 5.22. The maximum absolute atomic E-state index is 14.1. The molecule has 0 aliphatic carbocycles. The molecule has 0 amide bonds. The fourth-order valence-electron chi connectivity index (χ4n) is 2.56. The van der Waals surface area contributed by atoms with Crippen LogP contribution in [0.5, 0.6) is 0 Å². The first kappa shape index (κ1) is 14.2. The molecule has 2 N–H and O–H groups in total. The Balaban J connectivity index is 2.25. The van der Waals surface area contributed by atoms with Crippen molar-refractivity contribution >= 4 is 5.69 Å². The van der Waals surface area contributed by atoms with Gasteiger partial charge in [0.15, 0.2) is 0 Å². The van der Waals surface area contributed by atoms with Crippen molar-refractivity contribution < 1.29 is 13.9 Å². The highest BCUT2D eigenvalue weighted by Gasteiger charge is 2.27. The second-order valence-electron chi connectivity index (χ2n) is 5.22. The fraction of sp³-hybridized carbons (Fsp3) is 0.571. The number of anilines is 1. The summed E-state index contributed by atoms with van der Waals surface area (Å²) in [7, 11) is 1.73. The van der Waals surface area contributed by atoms with Crippen molar-refractivity contribution in [2.75, 3.05) is 25.0 Å². The molecule has 1 fully saturated rings. The third kappa shape index (κ3) is 3.04. The van der Waals surface area contributed by atoms with E-state index in [9.17, 15) is 13.9 Å². The van der Waals surface area contributed by atoms with Crippen LogP contribution in [0.1, 0.15) is 18.9 Å². The van der Waals surface area contributed by atoms with Crippen molar-refractivity contribution in [3.05, 3.63) is 29.3 Å². The van der Waals surface area contributed by atoms with Gasteiger partial charge in [-0.1, -0.05) is 6.92 Å². The Hall–Kier alpha value is -1.20. The molecular formula is C14H20F2N2O. The van der Waals surface area contributed by atoms with Gasteiger partial charge in [-0.15, -0.1) is 0 Å². The fourth-order valence-corrected chi connectivity index (χ4v) is 2.56. The minimum Gasteiger partial charge on any atom is -0.393 e. The Morgan fingerprint density at radius 3 is 2.53 bits per heavy atom. The highest BCUT2D eigenvalue weighted by Crippen LogP contribution is 2.29. The van der Waals surface area contributed by atoms with Crippen molar-refractivity contribution in [2.24, 2.45) is 5.92 Å². The largest absolute Gasteiger partial charge is 0.393 e. The van der Waals surface area contributed by atoms with Gasteiger partial charge in [-0.3, -0.25) is 0 Å². The van der Waals surface area contributed by atoms with Gasteiger partial charge in [-0.2, -0.15) is 0 Å². The lowest BCUT2D eigenvalue weighted by Gasteiger charge is -2.36. The summed E-state index contributed by atoms with van der Waals surface area (Å²) in [5.41, 5.74) is 0.616. The molecule has 1 aliphatic rings. The van der Waals surface area contributed by atoms with E-state index in [0.29, 0.717) is 31.6 Å². The van der Waals surface area contributed by atoms with Crippen LogP contribution in [0.4, 0.5) is 14.5 Å². The summed E-state index contributed by atoms with van der Waals surface area (Å²) in [4.78, 5) is 1.69. The van der Waals surface area contributed by atoms with E-state index in [-0.39, 0.29) is 17.7 Å². The maximum Gasteiger partial charge on any atom is 0.149 e. The number of piperidine rings is 1. The number of hydrogen-bond acceptors (Lipinski definition) is 3. The monoisotopic (exact) mass is 270 g/mol. The van der Waals surface area contributed by atoms with Crippen LogP contribution in [-0.4, -0.2) is 31.3 Å². The molecule has 0 spiro atoms. The quantitative estimate of drug-likeness (QED) is 0.880. The standard InChI is InChI=1S/C14H20F2N2O/c1-9-8-18(4-3-13(9)19)14-11(15)5-10(7-17-2)6-12(14)16/h5-6,9,13,17,19H,3-4,7-8H2,1-2H3. The van der Waals surface area contributed by atoms with E-state index in [0.717, 1.165) is 0 Å². The summed E-state index contributed by atoms with van der Waals surface area (Å²) in [6.45, 7) is 3.27. The molecule has 0 radical (unpaired) electrons. The lowest BCUT2D eigenvalue weighted by Crippen LogP contribution is -2.42. The van der Waals surface area contributed by atoms with E-state index in [1.807, 2.05) is 6.92 Å². The van der Waals surface area contributed by atoms with Crippen LogP contribution in [-0.2, 0) is 6.54 Å². The van der Waals surface area contributed by atoms with E-state index in [2.05, 4.69) is 5.32 Å². The molecule has 5 heteroatoms. The van der Waals surface area contributed by atoms with Crippen LogP contribution < -0.4 is 10.2 Å². The SMILES string of the molecule is CNCc1cc(F)c(N2CCC(O)C(C)C2)c(F)c1. The number of benzene rings is 1. The van der Waals surface area contributed by atoms with Crippen molar-refractivity contribution in [1.29, 1.82) is 0 Å². The maximum atomic E-state index is 14.1. The van der Waals surface area contributed by atoms with Crippen LogP contribution in [0.2, 0.25) is 0 Å². The van der Waals surface area contributed by atoms with Crippen molar-refractivity contribution in [3.8, 4) is 0 Å². The number of aliphatic hydroxyl groups excluding tert-OH is 1. The third-order valence-corrected chi connectivity index (χ3v) is 3.63. The highest BCUT2D eigenvalue weighted by molar-refractivity contribution is 5.51. The smallest absolute Gasteiger partial charge is 0.149 e. The first-order valence-corrected chi connectivity index (χ1v) is 6.58. The molecule has 0 aromatic heterocycles. The normalized spacial score (nSPS) is 23.7. The Morgan fingerprint density at radius 2 is 2.00 bits per heavy atom. The minimum absolute atomic E-state index is 0.0181. The number of aliphatic hydroxyl groups is 1. The molecule has 1 aliphatic heterocycles. The van der Waals surface area contributed by atoms with Crippen molar-refractivity contribution in [2.45, 2.75) is 26.0 Å². The summed E-state index contributed by atoms with van der Waals surface area (Å²) in [5, 5.41) is 12.5. The highest BCUT2D eigenvalue weighted by atomic mass is 19.1. The zero-order valence-electron chi connectivity index (χ0n) is 11.3. The molecule has 3 nitrogen and oxygen atoms in total. The van der Waals surface area contributed by atoms with E-state index in [1.54, 1.807) is 11.9 Å². The van der Waals surface area contributed by atoms with Crippen molar-refractivity contribution in [1.82, 2.24) is 5.32 Å². The van der Waals surface area contributed by atoms with Gasteiger partial charge in [0.05, 0.1) is 6.10 Å². The molecule has 2 rings (SSSR count). The number of nitrogens with zero attached hydrogens (tertiary/aromatic N) is 1. The van der Waals surface area contributed by atoms with Crippen LogP contribution >= 0.6 is 0 Å². The van der Waals surface area contributed by atoms with Gasteiger partial charge in [0.2, 0.25) is 0 Å². The first-order valence-electron chi connectivity index (χ1n) is 6.58. The van der Waals surface area contributed by atoms with Crippen molar-refractivity contribution in [3.63, 3.8) is 0 Å². The number of halogens is 2. The van der Waals surface area contributed by atoms with Crippen LogP contribution in [0.3, 0.4) is 0 Å². The number of nitrogens with one attached hydrogen (secondary N) is 1. The van der Waals surface area contributed by atoms with Gasteiger partial charge in [-0.25, -0.2) is 8.78 Å². The summed E-state index contributed by atoms with van der Waals surface area (Å²) < 4.78 is 28.1. The molecule has 1 saturated heterocycles. The zero-order chi connectivity index (χ0) is 14.0. The summed E-state index contributed by atoms with van der Waals surface area (Å²) in [6, 6.07) is 2.73. The summed E-state index contributed by atoms with van der Waals surface area (Å²) in [6.07, 6.45) is 0.157. The van der Waals surface area contributed by atoms with E-state index in [1.165, 1.54) is 12.1 Å². The Morgan fingerprint density at radius 1 is 1.37 bits per heavy atom. The third-order valence-electron chi connectivity index (χ3n) is 3.63. The Labute approximate surface area is 112 Å². The lowest BCUT2D eigenvalue weighted by molar-refractivity contribution is 0.0966. The molecule has 0 saturated carbocycles. The molecule has 1 heterocycles. The van der Waals surface area contributed by atoms with Gasteiger partial charge in [-0.05, 0) is 37.1 Å². The Kier molecular flexibility index (Phi) is 4.37. The minimum atomic E-state index is -0.533. The van der Waals surface area contributed by atoms with E-state index in [4.69, 9.17) is 0 Å². The topological polar surface area (TPSA) is 35.5 Å². The molecule has 2 unspecified atom stereocenters. The molecule has 1 aromatic rings. The van der Waals surface area contributed by atoms with Gasteiger partial charge < -0.3 is 15.3 Å². The molecule has 106 valence electrons. The second kappa shape index (κ2) is 5.84. The lowest BCUT2D eigenvalue weighted by atomic mass is 9.96. The number of hydrogen-bond donors (Lipinski definition) is 2. The van der Waals surface area contributed by atoms with Gasteiger partial charge in [0, 0.05) is 19.6 Å². The molecule has 2 atom stereocenters. The van der Waals surface area contributed by atoms with E-state index < -0.39 is 11.6 Å². The number of rotatable bonds is 3. The average Bonchev–Trinajstić information content (AvgIpc) is 2.33. The zero-order valence-corrected chi connectivity index (χ0v) is 11.3. The Bertz CT molecular complexity index is 430. The van der Waals surface area contributed by atoms with Crippen LogP contribution in [0.25, 0.3) is 0 Å². The first-order chi connectivity index (χ1) is 9.02. The summed E-state index contributed by atoms with van der Waals surface area (Å²) in [5.74, 6) is -1.05. The summed E-state index contributed by atoms with van der Waals surface area (Å²) >= 11 is 0. The molecule has 19 heavy (non-hydrogen) atoms. The van der Waals surface area contributed by atoms with Gasteiger partial charge in [0.25, 0.3) is 0 Å². The van der Waals surface area contributed by atoms with Crippen LogP contribution in [0, 0.1) is 17.6 Å². The molecule has 0 bridgehead atoms. The van der Waals surface area contributed by atoms with Gasteiger partial charge >= 0.3 is 0 Å². The molecule has 1 aromatic carbocycles.